The van der Waals surface area contributed by atoms with Gasteiger partial charge in [0, 0.05) is 17.2 Å². The first-order valence-electron chi connectivity index (χ1n) is 4.66. The maximum absolute atomic E-state index is 5.12. The highest BCUT2D eigenvalue weighted by Crippen LogP contribution is 2.17. The summed E-state index contributed by atoms with van der Waals surface area (Å²) in [6.07, 6.45) is 5.12. The molecule has 1 aromatic carbocycles. The van der Waals surface area contributed by atoms with Crippen LogP contribution in [0.4, 0.5) is 0 Å². The van der Waals surface area contributed by atoms with E-state index in [2.05, 4.69) is 42.4 Å². The molecule has 0 aliphatic carbocycles. The van der Waals surface area contributed by atoms with Gasteiger partial charge >= 0.3 is 0 Å². The minimum absolute atomic E-state index is 0.661. The van der Waals surface area contributed by atoms with Crippen LogP contribution in [0.25, 0.3) is 0 Å². The number of rotatable bonds is 5. The van der Waals surface area contributed by atoms with Gasteiger partial charge < -0.3 is 5.32 Å². The molecule has 0 aliphatic heterocycles. The second-order valence-corrected chi connectivity index (χ2v) is 4.21. The average Bonchev–Trinajstić information content (AvgIpc) is 2.18. The van der Waals surface area contributed by atoms with Gasteiger partial charge in [-0.25, -0.2) is 0 Å². The van der Waals surface area contributed by atoms with Gasteiger partial charge in [-0.1, -0.05) is 23.6 Å². The third-order valence-electron chi connectivity index (χ3n) is 1.76. The lowest BCUT2D eigenvalue weighted by Gasteiger charge is -2.02. The van der Waals surface area contributed by atoms with Crippen molar-refractivity contribution < 1.29 is 0 Å². The fourth-order valence-electron chi connectivity index (χ4n) is 1.11. The van der Waals surface area contributed by atoms with Crippen molar-refractivity contribution in [1.82, 2.24) is 5.32 Å². The molecule has 14 heavy (non-hydrogen) atoms. The van der Waals surface area contributed by atoms with Crippen LogP contribution in [0.3, 0.4) is 0 Å². The molecule has 0 radical (unpaired) electrons. The van der Waals surface area contributed by atoms with Crippen molar-refractivity contribution in [2.75, 3.05) is 18.8 Å². The van der Waals surface area contributed by atoms with Gasteiger partial charge in [-0.05, 0) is 19.1 Å². The van der Waals surface area contributed by atoms with E-state index in [0.717, 1.165) is 12.3 Å². The molecule has 2 heteroatoms. The number of benzene rings is 1. The lowest BCUT2D eigenvalue weighted by molar-refractivity contribution is 0.818. The molecule has 0 unspecified atom stereocenters. The van der Waals surface area contributed by atoms with Gasteiger partial charge in [-0.2, -0.15) is 0 Å². The summed E-state index contributed by atoms with van der Waals surface area (Å²) in [5, 5.41) is 3.16. The lowest BCUT2D eigenvalue weighted by Crippen LogP contribution is -2.16. The molecule has 0 spiro atoms. The highest BCUT2D eigenvalue weighted by atomic mass is 32.2. The van der Waals surface area contributed by atoms with Gasteiger partial charge in [0.1, 0.15) is 0 Å². The maximum Gasteiger partial charge on any atom is 0.0574 e. The molecular weight excluding hydrogens is 190 g/mol. The standard InChI is InChI=1S/C12H15NS/c1-3-7-13-8-9-14-12-6-4-5-11(2)10-12/h1,4-6,10,13H,7-9H2,2H3. The van der Waals surface area contributed by atoms with Crippen LogP contribution in [-0.2, 0) is 0 Å². The summed E-state index contributed by atoms with van der Waals surface area (Å²) in [5.74, 6) is 3.62. The molecule has 1 aromatic rings. The van der Waals surface area contributed by atoms with E-state index >= 15 is 0 Å². The van der Waals surface area contributed by atoms with Crippen LogP contribution in [0.1, 0.15) is 5.56 Å². The van der Waals surface area contributed by atoms with Gasteiger partial charge in [0.15, 0.2) is 0 Å². The number of aryl methyl sites for hydroxylation is 1. The molecule has 1 nitrogen and oxygen atoms in total. The van der Waals surface area contributed by atoms with Crippen molar-refractivity contribution in [3.05, 3.63) is 29.8 Å². The maximum atomic E-state index is 5.12. The molecule has 74 valence electrons. The predicted molar refractivity (Wildman–Crippen MR) is 63.6 cm³/mol. The predicted octanol–water partition coefficient (Wildman–Crippen LogP) is 2.31. The molecule has 1 rings (SSSR count). The SMILES string of the molecule is C#CCNCCSc1cccc(C)c1. The van der Waals surface area contributed by atoms with Crippen molar-refractivity contribution in [1.29, 1.82) is 0 Å². The van der Waals surface area contributed by atoms with E-state index in [9.17, 15) is 0 Å². The normalized spacial score (nSPS) is 9.71. The van der Waals surface area contributed by atoms with Crippen LogP contribution in [0, 0.1) is 19.3 Å². The minimum Gasteiger partial charge on any atom is -0.305 e. The summed E-state index contributed by atoms with van der Waals surface area (Å²) in [7, 11) is 0. The molecule has 0 fully saturated rings. The van der Waals surface area contributed by atoms with E-state index in [4.69, 9.17) is 6.42 Å². The van der Waals surface area contributed by atoms with E-state index in [-0.39, 0.29) is 0 Å². The molecular formula is C12H15NS. The first-order chi connectivity index (χ1) is 6.83. The average molecular weight is 205 g/mol. The Hall–Kier alpha value is -0.910. The van der Waals surface area contributed by atoms with Crippen LogP contribution < -0.4 is 5.32 Å². The fraction of sp³-hybridized carbons (Fsp3) is 0.333. The molecule has 0 saturated heterocycles. The van der Waals surface area contributed by atoms with E-state index in [1.54, 1.807) is 0 Å². The van der Waals surface area contributed by atoms with Crippen LogP contribution in [-0.4, -0.2) is 18.8 Å². The van der Waals surface area contributed by atoms with Gasteiger partial charge in [-0.15, -0.1) is 18.2 Å². The van der Waals surface area contributed by atoms with Crippen LogP contribution in [0.2, 0.25) is 0 Å². The van der Waals surface area contributed by atoms with Gasteiger partial charge in [0.2, 0.25) is 0 Å². The highest BCUT2D eigenvalue weighted by Gasteiger charge is 1.93. The van der Waals surface area contributed by atoms with E-state index < -0.39 is 0 Å². The monoisotopic (exact) mass is 205 g/mol. The Morgan fingerprint density at radius 1 is 1.50 bits per heavy atom. The summed E-state index contributed by atoms with van der Waals surface area (Å²) in [5.41, 5.74) is 1.31. The summed E-state index contributed by atoms with van der Waals surface area (Å²) in [4.78, 5) is 1.33. The zero-order chi connectivity index (χ0) is 10.2. The fourth-order valence-corrected chi connectivity index (χ4v) is 2.03. The quantitative estimate of drug-likeness (QED) is 0.450. The summed E-state index contributed by atoms with van der Waals surface area (Å²) in [6, 6.07) is 8.54. The van der Waals surface area contributed by atoms with Crippen LogP contribution in [0.15, 0.2) is 29.2 Å². The molecule has 0 amide bonds. The Labute approximate surface area is 90.3 Å². The van der Waals surface area contributed by atoms with Crippen LogP contribution in [0.5, 0.6) is 0 Å². The van der Waals surface area contributed by atoms with Crippen molar-refractivity contribution in [2.45, 2.75) is 11.8 Å². The van der Waals surface area contributed by atoms with E-state index in [1.807, 2.05) is 11.8 Å². The third kappa shape index (κ3) is 4.36. The molecule has 0 atom stereocenters. The number of hydrogen-bond donors (Lipinski definition) is 1. The molecule has 0 aliphatic rings. The van der Waals surface area contributed by atoms with E-state index in [1.165, 1.54) is 10.5 Å². The van der Waals surface area contributed by atoms with Gasteiger partial charge in [0.25, 0.3) is 0 Å². The molecule has 0 aromatic heterocycles. The molecule has 0 saturated carbocycles. The molecule has 0 heterocycles. The second kappa shape index (κ2) is 6.53. The Morgan fingerprint density at radius 2 is 2.36 bits per heavy atom. The summed E-state index contributed by atoms with van der Waals surface area (Å²) in [6.45, 7) is 3.73. The topological polar surface area (TPSA) is 12.0 Å². The lowest BCUT2D eigenvalue weighted by atomic mass is 10.2. The summed E-state index contributed by atoms with van der Waals surface area (Å²) < 4.78 is 0. The number of thioether (sulfide) groups is 1. The number of nitrogens with one attached hydrogen (secondary N) is 1. The van der Waals surface area contributed by atoms with Crippen molar-refractivity contribution in [3.8, 4) is 12.3 Å². The second-order valence-electron chi connectivity index (χ2n) is 3.05. The van der Waals surface area contributed by atoms with Crippen molar-refractivity contribution in [3.63, 3.8) is 0 Å². The largest absolute Gasteiger partial charge is 0.305 e. The highest BCUT2D eigenvalue weighted by molar-refractivity contribution is 7.99. The zero-order valence-electron chi connectivity index (χ0n) is 8.42. The molecule has 1 N–H and O–H groups in total. The van der Waals surface area contributed by atoms with Crippen LogP contribution >= 0.6 is 11.8 Å². The third-order valence-corrected chi connectivity index (χ3v) is 2.76. The van der Waals surface area contributed by atoms with Crippen molar-refractivity contribution >= 4 is 11.8 Å². The van der Waals surface area contributed by atoms with Crippen molar-refractivity contribution in [2.24, 2.45) is 0 Å². The first kappa shape index (κ1) is 11.2. The van der Waals surface area contributed by atoms with E-state index in [0.29, 0.717) is 6.54 Å². The van der Waals surface area contributed by atoms with Gasteiger partial charge in [-0.3, -0.25) is 0 Å². The Balaban J connectivity index is 2.22. The summed E-state index contributed by atoms with van der Waals surface area (Å²) >= 11 is 1.85. The smallest absolute Gasteiger partial charge is 0.0574 e. The molecule has 0 bridgehead atoms. The number of terminal acetylenes is 1. The number of hydrogen-bond acceptors (Lipinski definition) is 2. The minimum atomic E-state index is 0.661. The Morgan fingerprint density at radius 3 is 3.07 bits per heavy atom. The Kier molecular flexibility index (Phi) is 5.21. The first-order valence-corrected chi connectivity index (χ1v) is 5.65. The van der Waals surface area contributed by atoms with Gasteiger partial charge in [0.05, 0.1) is 6.54 Å². The zero-order valence-corrected chi connectivity index (χ0v) is 9.23. The Bertz CT molecular complexity index is 314.